The summed E-state index contributed by atoms with van der Waals surface area (Å²) in [6, 6.07) is -5.57. The Morgan fingerprint density at radius 2 is 1.01 bits per heavy atom. The van der Waals surface area contributed by atoms with Gasteiger partial charge in [-0.2, -0.15) is 8.42 Å². The summed E-state index contributed by atoms with van der Waals surface area (Å²) in [5.41, 5.74) is 0. The zero-order chi connectivity index (χ0) is 63.5. The number of carbonyl (C=O) groups excluding carboxylic acids is 3. The first-order chi connectivity index (χ1) is 39.7. The monoisotopic (exact) mass is 1270 g/mol. The summed E-state index contributed by atoms with van der Waals surface area (Å²) in [6.07, 6.45) is -59.5. The molecular weight excluding hydrogens is 1190 g/mol. The van der Waals surface area contributed by atoms with E-state index in [2.05, 4.69) is 20.1 Å². The van der Waals surface area contributed by atoms with Gasteiger partial charge in [0.1, 0.15) is 134 Å². The van der Waals surface area contributed by atoms with Crippen LogP contribution in [-0.4, -0.2) is 346 Å². The van der Waals surface area contributed by atoms with Crippen molar-refractivity contribution in [3.8, 4) is 0 Å². The van der Waals surface area contributed by atoms with Crippen LogP contribution in [0.2, 0.25) is 0 Å². The third-order valence-electron chi connectivity index (χ3n) is 14.8. The van der Waals surface area contributed by atoms with E-state index in [-0.39, 0.29) is 0 Å². The van der Waals surface area contributed by atoms with Crippen LogP contribution >= 0.6 is 0 Å². The lowest BCUT2D eigenvalue weighted by atomic mass is 9.88. The molecule has 40 heteroatoms. The van der Waals surface area contributed by atoms with Gasteiger partial charge in [0.2, 0.25) is 17.7 Å². The van der Waals surface area contributed by atoms with Crippen molar-refractivity contribution >= 4 is 34.1 Å². The molecule has 0 saturated carbocycles. The van der Waals surface area contributed by atoms with Crippen LogP contribution in [0.5, 0.6) is 0 Å². The molecule has 492 valence electrons. The molecule has 85 heavy (non-hydrogen) atoms. The van der Waals surface area contributed by atoms with E-state index in [0.717, 1.165) is 20.8 Å². The molecule has 0 aromatic carbocycles. The maximum atomic E-state index is 13.3. The van der Waals surface area contributed by atoms with E-state index in [1.807, 2.05) is 0 Å². The number of hydrogen-bond acceptors (Lipinski definition) is 34. The first-order valence-electron chi connectivity index (χ1n) is 26.2. The van der Waals surface area contributed by atoms with E-state index < -0.39 is 263 Å². The van der Waals surface area contributed by atoms with Crippen LogP contribution < -0.4 is 16.0 Å². The Morgan fingerprint density at radius 1 is 0.553 bits per heavy atom. The fourth-order valence-corrected chi connectivity index (χ4v) is 10.8. The molecule has 21 N–H and O–H groups in total. The Bertz CT molecular complexity index is 2340. The lowest BCUT2D eigenvalue weighted by Gasteiger charge is -2.52. The van der Waals surface area contributed by atoms with Crippen LogP contribution in [0.15, 0.2) is 0 Å². The second-order valence-electron chi connectivity index (χ2n) is 20.9. The van der Waals surface area contributed by atoms with Crippen molar-refractivity contribution in [2.45, 2.75) is 224 Å². The number of carbonyl (C=O) groups is 4. The zero-order valence-corrected chi connectivity index (χ0v) is 46.2. The molecule has 0 radical (unpaired) electrons. The minimum absolute atomic E-state index is 0.821. The number of aliphatic carboxylic acids is 1. The van der Waals surface area contributed by atoms with Crippen molar-refractivity contribution in [1.82, 2.24) is 16.0 Å². The second-order valence-corrected chi connectivity index (χ2v) is 22.0. The van der Waals surface area contributed by atoms with E-state index in [4.69, 9.17) is 52.1 Å². The molecule has 39 nitrogen and oxygen atoms in total. The first kappa shape index (κ1) is 70.8. The fraction of sp³-hybridized carbons (Fsp3) is 0.911. The predicted molar refractivity (Wildman–Crippen MR) is 260 cm³/mol. The standard InChI is InChI=1S/C45H75N3O36S/c1-11-24(58)29(63)30(64)41(74-11)81-36-23(48-14(4)55)40(82-37-27(61)18(8-51)76-42(31(37)65)80-34-22(47-13(3)54)39(67)75-17(7-50)26(34)60)78-20(10-73-85(70,71)72)33(36)79-43-32(66)38(28(62)19(9-52)77-43)84-45(44(68)69)5-15(56)21(46-12(2)53)35(83-45)25(59)16(57)6-49/h11,15-43,49-52,56-67H,5-10H2,1-4H3,(H,46,53)(H,47,54)(H,48,55)(H,68,69)(H,70,71,72)/t11-,15-,16+,17+,18+,19+,20+,21+,22+,23+,24+,25+,26-,27-,28-,29+,30-,31+,32+,33+,34+,35+,36+,37-,38-,39?,40-,41-,42-,43-,45-/m0/s1. The summed E-state index contributed by atoms with van der Waals surface area (Å²) in [5.74, 6) is -8.28. The maximum Gasteiger partial charge on any atom is 0.397 e. The Labute approximate surface area is 481 Å². The van der Waals surface area contributed by atoms with E-state index in [9.17, 15) is 119 Å². The van der Waals surface area contributed by atoms with Gasteiger partial charge in [-0.3, -0.25) is 18.9 Å². The maximum absolute atomic E-state index is 13.3. The van der Waals surface area contributed by atoms with Crippen LogP contribution in [0.3, 0.4) is 0 Å². The number of rotatable bonds is 23. The van der Waals surface area contributed by atoms with Crippen LogP contribution in [0, 0.1) is 0 Å². The van der Waals surface area contributed by atoms with Crippen molar-refractivity contribution in [2.75, 3.05) is 33.0 Å². The van der Waals surface area contributed by atoms with Crippen LogP contribution in [0.25, 0.3) is 0 Å². The number of carboxylic acid groups (broad SMARTS) is 1. The number of hydrogen-bond donors (Lipinski definition) is 21. The van der Waals surface area contributed by atoms with E-state index in [1.165, 1.54) is 6.92 Å². The minimum Gasteiger partial charge on any atom is -0.477 e. The lowest BCUT2D eigenvalue weighted by molar-refractivity contribution is -0.398. The highest BCUT2D eigenvalue weighted by Crippen LogP contribution is 2.41. The number of aliphatic hydroxyl groups excluding tert-OH is 16. The predicted octanol–water partition coefficient (Wildman–Crippen LogP) is -13.6. The van der Waals surface area contributed by atoms with E-state index in [0.29, 0.717) is 0 Å². The quantitative estimate of drug-likeness (QED) is 0.0422. The average molecular weight is 1270 g/mol. The summed E-state index contributed by atoms with van der Waals surface area (Å²) in [7, 11) is -5.58. The van der Waals surface area contributed by atoms with Gasteiger partial charge >= 0.3 is 16.4 Å². The van der Waals surface area contributed by atoms with Crippen LogP contribution in [0.1, 0.15) is 34.1 Å². The Morgan fingerprint density at radius 3 is 1.54 bits per heavy atom. The van der Waals surface area contributed by atoms with Gasteiger partial charge < -0.3 is 155 Å². The molecule has 6 aliphatic rings. The molecule has 6 heterocycles. The largest absolute Gasteiger partial charge is 0.477 e. The van der Waals surface area contributed by atoms with Gasteiger partial charge in [0.05, 0.1) is 51.3 Å². The summed E-state index contributed by atoms with van der Waals surface area (Å²) in [4.78, 5) is 50.9. The molecular formula is C45H75N3O36S. The number of nitrogens with one attached hydrogen (secondary N) is 3. The molecule has 31 atom stereocenters. The average Bonchev–Trinajstić information content (AvgIpc) is 1.04. The molecule has 0 bridgehead atoms. The summed E-state index contributed by atoms with van der Waals surface area (Å²) in [5, 5.41) is 192. The number of carboxylic acids is 1. The van der Waals surface area contributed by atoms with Gasteiger partial charge in [-0.25, -0.2) is 8.98 Å². The smallest absolute Gasteiger partial charge is 0.397 e. The molecule has 0 aliphatic carbocycles. The Hall–Kier alpha value is -3.33. The highest BCUT2D eigenvalue weighted by Gasteiger charge is 2.62. The van der Waals surface area contributed by atoms with Gasteiger partial charge in [-0.15, -0.1) is 0 Å². The molecule has 1 unspecified atom stereocenters. The van der Waals surface area contributed by atoms with Crippen molar-refractivity contribution < 1.29 is 175 Å². The van der Waals surface area contributed by atoms with E-state index in [1.54, 1.807) is 0 Å². The summed E-state index contributed by atoms with van der Waals surface area (Å²) < 4.78 is 103. The molecule has 3 amide bonds. The normalized spacial score (nSPS) is 45.2. The zero-order valence-electron chi connectivity index (χ0n) is 45.4. The number of amides is 3. The topological polar surface area (TPSA) is 613 Å². The second kappa shape index (κ2) is 29.5. The molecule has 6 rings (SSSR count). The molecule has 6 saturated heterocycles. The SMILES string of the molecule is CC(=O)N[C@H]1[C@H](O[C@H]2[C@@H](O)[C@@H](CO)O[C@@H](O[C@H]3[C@@H](O)[C@@H](CO)OC(O)[C@@H]3NC(C)=O)[C@@H]2O)O[C@H](COS(=O)(=O)O)[C@@H](O[C@@H]2O[C@H](CO)[C@H](O)[C@H](O[C@]3(C(=O)O)C[C@H](O)[C@@H](NC(C)=O)[C@H]([C@H](O)[C@H](O)CO)O3)[C@H]2O)[C@@H]1O[C@@H]1O[C@@H](C)[C@@H](O)[C@@H](O)[C@@H]1O. The summed E-state index contributed by atoms with van der Waals surface area (Å²) >= 11 is 0. The Kier molecular flexibility index (Phi) is 24.6. The summed E-state index contributed by atoms with van der Waals surface area (Å²) in [6.45, 7) is -2.05. The molecule has 0 aromatic rings. The van der Waals surface area contributed by atoms with Gasteiger partial charge in [0.15, 0.2) is 31.5 Å². The van der Waals surface area contributed by atoms with Gasteiger partial charge in [0.25, 0.3) is 5.79 Å². The number of ether oxygens (including phenoxy) is 11. The van der Waals surface area contributed by atoms with Crippen molar-refractivity contribution in [3.63, 3.8) is 0 Å². The van der Waals surface area contributed by atoms with Gasteiger partial charge in [-0.05, 0) is 6.92 Å². The third-order valence-corrected chi connectivity index (χ3v) is 15.2. The fourth-order valence-electron chi connectivity index (χ4n) is 10.5. The van der Waals surface area contributed by atoms with Gasteiger partial charge in [0, 0.05) is 27.2 Å². The van der Waals surface area contributed by atoms with Crippen molar-refractivity contribution in [3.05, 3.63) is 0 Å². The van der Waals surface area contributed by atoms with Crippen LogP contribution in [-0.2, 0) is 85.9 Å². The third kappa shape index (κ3) is 16.2. The molecule has 0 aromatic heterocycles. The molecule has 0 spiro atoms. The van der Waals surface area contributed by atoms with Gasteiger partial charge in [-0.1, -0.05) is 0 Å². The molecule has 6 fully saturated rings. The van der Waals surface area contributed by atoms with Crippen molar-refractivity contribution in [2.24, 2.45) is 0 Å². The minimum atomic E-state index is -5.58. The highest BCUT2D eigenvalue weighted by molar-refractivity contribution is 7.80. The lowest BCUT2D eigenvalue weighted by Crippen LogP contribution is -2.72. The number of aliphatic hydroxyl groups is 16. The Balaban J connectivity index is 1.44. The highest BCUT2D eigenvalue weighted by atomic mass is 32.3. The molecule has 6 aliphatic heterocycles. The first-order valence-corrected chi connectivity index (χ1v) is 27.6. The van der Waals surface area contributed by atoms with Crippen LogP contribution in [0.4, 0.5) is 0 Å². The van der Waals surface area contributed by atoms with Crippen molar-refractivity contribution in [1.29, 1.82) is 0 Å². The van der Waals surface area contributed by atoms with E-state index >= 15 is 0 Å².